The van der Waals surface area contributed by atoms with Gasteiger partial charge in [0.2, 0.25) is 0 Å². The molecule has 0 atom stereocenters. The summed E-state index contributed by atoms with van der Waals surface area (Å²) < 4.78 is 19.2. The highest BCUT2D eigenvalue weighted by atomic mass is 79.9. The van der Waals surface area contributed by atoms with E-state index in [1.54, 1.807) is 54.6 Å². The van der Waals surface area contributed by atoms with Crippen LogP contribution in [0.4, 0.5) is 10.1 Å². The minimum absolute atomic E-state index is 0.211. The van der Waals surface area contributed by atoms with E-state index < -0.39 is 5.97 Å². The van der Waals surface area contributed by atoms with Crippen molar-refractivity contribution < 1.29 is 13.9 Å². The summed E-state index contributed by atoms with van der Waals surface area (Å²) in [6.07, 6.45) is 1.46. The monoisotopic (exact) mass is 505 g/mol. The van der Waals surface area contributed by atoms with Gasteiger partial charge in [-0.05, 0) is 66.8 Å². The SMILES string of the molecule is O=C(Oc1ccc(Br)cc1/C=N/NC(=S)Nc1ccc(F)cc1)c1ccccc1Cl. The van der Waals surface area contributed by atoms with Crippen molar-refractivity contribution in [2.45, 2.75) is 0 Å². The molecule has 0 aromatic heterocycles. The fraction of sp³-hybridized carbons (Fsp3) is 0. The van der Waals surface area contributed by atoms with Crippen molar-refractivity contribution in [1.82, 2.24) is 5.43 Å². The summed E-state index contributed by atoms with van der Waals surface area (Å²) in [7, 11) is 0. The lowest BCUT2D eigenvalue weighted by Crippen LogP contribution is -2.23. The second-order valence-corrected chi connectivity index (χ2v) is 7.61. The van der Waals surface area contributed by atoms with Crippen molar-refractivity contribution in [3.05, 3.63) is 93.2 Å². The Morgan fingerprint density at radius 3 is 2.60 bits per heavy atom. The van der Waals surface area contributed by atoms with Crippen molar-refractivity contribution in [3.8, 4) is 5.75 Å². The average Bonchev–Trinajstić information content (AvgIpc) is 2.72. The van der Waals surface area contributed by atoms with E-state index in [0.717, 1.165) is 4.47 Å². The van der Waals surface area contributed by atoms with E-state index in [2.05, 4.69) is 31.8 Å². The summed E-state index contributed by atoms with van der Waals surface area (Å²) >= 11 is 14.6. The Morgan fingerprint density at radius 2 is 1.87 bits per heavy atom. The number of rotatable bonds is 5. The number of nitrogens with zero attached hydrogens (tertiary/aromatic N) is 1. The molecule has 0 saturated carbocycles. The summed E-state index contributed by atoms with van der Waals surface area (Å²) in [4.78, 5) is 12.4. The molecule has 0 aliphatic heterocycles. The fourth-order valence-corrected chi connectivity index (χ4v) is 3.11. The van der Waals surface area contributed by atoms with Crippen molar-refractivity contribution in [2.75, 3.05) is 5.32 Å². The molecule has 5 nitrogen and oxygen atoms in total. The summed E-state index contributed by atoms with van der Waals surface area (Å²) in [5, 5.41) is 7.45. The first kappa shape index (κ1) is 21.9. The van der Waals surface area contributed by atoms with E-state index in [0.29, 0.717) is 22.0 Å². The lowest BCUT2D eigenvalue weighted by Gasteiger charge is -2.09. The molecule has 0 heterocycles. The number of hydrogen-bond donors (Lipinski definition) is 2. The number of esters is 1. The van der Waals surface area contributed by atoms with Crippen molar-refractivity contribution in [2.24, 2.45) is 5.10 Å². The second kappa shape index (κ2) is 10.3. The van der Waals surface area contributed by atoms with Gasteiger partial charge in [-0.2, -0.15) is 5.10 Å². The fourth-order valence-electron chi connectivity index (χ4n) is 2.35. The molecule has 3 aromatic carbocycles. The van der Waals surface area contributed by atoms with Gasteiger partial charge in [0.05, 0.1) is 16.8 Å². The zero-order chi connectivity index (χ0) is 21.5. The Hall–Kier alpha value is -2.81. The molecule has 0 bridgehead atoms. The molecule has 2 N–H and O–H groups in total. The summed E-state index contributed by atoms with van der Waals surface area (Å²) in [6, 6.07) is 17.5. The molecule has 9 heteroatoms. The first-order valence-corrected chi connectivity index (χ1v) is 10.1. The predicted molar refractivity (Wildman–Crippen MR) is 124 cm³/mol. The normalized spacial score (nSPS) is 10.6. The molecule has 0 amide bonds. The van der Waals surface area contributed by atoms with Gasteiger partial charge in [0, 0.05) is 15.7 Å². The van der Waals surface area contributed by atoms with Gasteiger partial charge >= 0.3 is 5.97 Å². The van der Waals surface area contributed by atoms with E-state index >= 15 is 0 Å². The molecule has 0 unspecified atom stereocenters. The number of nitrogens with one attached hydrogen (secondary N) is 2. The van der Waals surface area contributed by atoms with Crippen LogP contribution in [0.2, 0.25) is 5.02 Å². The van der Waals surface area contributed by atoms with E-state index in [1.807, 2.05) is 0 Å². The molecule has 0 aliphatic carbocycles. The topological polar surface area (TPSA) is 62.7 Å². The standard InChI is InChI=1S/C21H14BrClFN3O2S/c22-14-5-10-19(29-20(28)17-3-1-2-4-18(17)23)13(11-14)12-25-27-21(30)26-16-8-6-15(24)7-9-16/h1-12H,(H2,26,27,30)/b25-12+. The van der Waals surface area contributed by atoms with Gasteiger partial charge in [-0.1, -0.05) is 39.7 Å². The lowest BCUT2D eigenvalue weighted by molar-refractivity contribution is 0.0734. The number of halogens is 3. The van der Waals surface area contributed by atoms with E-state index in [4.69, 9.17) is 28.6 Å². The quantitative estimate of drug-likeness (QED) is 0.151. The Kier molecular flexibility index (Phi) is 7.51. The average molecular weight is 507 g/mol. The maximum atomic E-state index is 13.0. The second-order valence-electron chi connectivity index (χ2n) is 5.88. The third kappa shape index (κ3) is 6.09. The van der Waals surface area contributed by atoms with Gasteiger partial charge in [-0.3, -0.25) is 5.43 Å². The number of carbonyl (C=O) groups is 1. The highest BCUT2D eigenvalue weighted by Gasteiger charge is 2.14. The third-order valence-corrected chi connectivity index (χ3v) is 4.76. The van der Waals surface area contributed by atoms with Crippen LogP contribution >= 0.6 is 39.7 Å². The predicted octanol–water partition coefficient (Wildman–Crippen LogP) is 5.78. The first-order valence-electron chi connectivity index (χ1n) is 8.54. The van der Waals surface area contributed by atoms with Gasteiger partial charge in [0.1, 0.15) is 11.6 Å². The van der Waals surface area contributed by atoms with Crippen LogP contribution in [0.15, 0.2) is 76.3 Å². The maximum absolute atomic E-state index is 13.0. The van der Waals surface area contributed by atoms with Gasteiger partial charge in [0.25, 0.3) is 0 Å². The van der Waals surface area contributed by atoms with Crippen LogP contribution < -0.4 is 15.5 Å². The Balaban J connectivity index is 1.68. The Morgan fingerprint density at radius 1 is 1.13 bits per heavy atom. The van der Waals surface area contributed by atoms with Gasteiger partial charge in [-0.15, -0.1) is 0 Å². The number of anilines is 1. The van der Waals surface area contributed by atoms with E-state index in [1.165, 1.54) is 18.3 Å². The Labute approximate surface area is 191 Å². The van der Waals surface area contributed by atoms with Crippen LogP contribution in [0, 0.1) is 5.82 Å². The van der Waals surface area contributed by atoms with E-state index in [9.17, 15) is 9.18 Å². The number of thiocarbonyl (C=S) groups is 1. The molecule has 152 valence electrons. The number of ether oxygens (including phenoxy) is 1. The van der Waals surface area contributed by atoms with Gasteiger partial charge < -0.3 is 10.1 Å². The molecule has 0 spiro atoms. The summed E-state index contributed by atoms with van der Waals surface area (Å²) in [5.74, 6) is -0.629. The van der Waals surface area contributed by atoms with Gasteiger partial charge in [0.15, 0.2) is 5.11 Å². The summed E-state index contributed by atoms with van der Waals surface area (Å²) in [5.41, 5.74) is 4.05. The van der Waals surface area contributed by atoms with Crippen LogP contribution in [-0.2, 0) is 0 Å². The highest BCUT2D eigenvalue weighted by Crippen LogP contribution is 2.24. The molecule has 0 saturated heterocycles. The zero-order valence-electron chi connectivity index (χ0n) is 15.2. The molecule has 3 rings (SSSR count). The number of benzene rings is 3. The summed E-state index contributed by atoms with van der Waals surface area (Å²) in [6.45, 7) is 0. The van der Waals surface area contributed by atoms with Crippen LogP contribution in [0.1, 0.15) is 15.9 Å². The van der Waals surface area contributed by atoms with Crippen LogP contribution in [-0.4, -0.2) is 17.3 Å². The molecular weight excluding hydrogens is 493 g/mol. The van der Waals surface area contributed by atoms with Crippen molar-refractivity contribution in [3.63, 3.8) is 0 Å². The van der Waals surface area contributed by atoms with Gasteiger partial charge in [-0.25, -0.2) is 9.18 Å². The van der Waals surface area contributed by atoms with Crippen LogP contribution in [0.5, 0.6) is 5.75 Å². The highest BCUT2D eigenvalue weighted by molar-refractivity contribution is 9.10. The smallest absolute Gasteiger partial charge is 0.345 e. The van der Waals surface area contributed by atoms with Crippen molar-refractivity contribution in [1.29, 1.82) is 0 Å². The third-order valence-electron chi connectivity index (χ3n) is 3.74. The van der Waals surface area contributed by atoms with Crippen LogP contribution in [0.25, 0.3) is 0 Å². The Bertz CT molecular complexity index is 1110. The molecule has 30 heavy (non-hydrogen) atoms. The molecular formula is C21H14BrClFN3O2S. The molecule has 0 aliphatic rings. The first-order chi connectivity index (χ1) is 14.4. The molecule has 0 radical (unpaired) electrons. The lowest BCUT2D eigenvalue weighted by atomic mass is 10.2. The minimum Gasteiger partial charge on any atom is -0.422 e. The molecule has 3 aromatic rings. The maximum Gasteiger partial charge on any atom is 0.345 e. The number of carbonyl (C=O) groups excluding carboxylic acids is 1. The zero-order valence-corrected chi connectivity index (χ0v) is 18.4. The number of hydrogen-bond acceptors (Lipinski definition) is 4. The van der Waals surface area contributed by atoms with Crippen molar-refractivity contribution >= 4 is 62.7 Å². The minimum atomic E-state index is -0.584. The molecule has 0 fully saturated rings. The largest absolute Gasteiger partial charge is 0.422 e. The number of hydrazone groups is 1. The van der Waals surface area contributed by atoms with Crippen LogP contribution in [0.3, 0.4) is 0 Å². The van der Waals surface area contributed by atoms with E-state index in [-0.39, 0.29) is 16.5 Å².